The molecular weight excluding hydrogens is 606 g/mol. The van der Waals surface area contributed by atoms with Crippen LogP contribution in [0.4, 0.5) is 0 Å². The molecule has 0 radical (unpaired) electrons. The quantitative estimate of drug-likeness (QED) is 0.233. The molecule has 0 aromatic heterocycles. The molecule has 4 aromatic carbocycles. The highest BCUT2D eigenvalue weighted by Crippen LogP contribution is 2.26. The number of ether oxygens (including phenoxy) is 3. The fourth-order valence-electron chi connectivity index (χ4n) is 5.21. The lowest BCUT2D eigenvalue weighted by Crippen LogP contribution is -2.45. The van der Waals surface area contributed by atoms with E-state index in [1.54, 1.807) is 7.11 Å². The monoisotopic (exact) mass is 643 g/mol. The smallest absolute Gasteiger partial charge is 0.261 e. The van der Waals surface area contributed by atoms with Crippen LogP contribution in [0.2, 0.25) is 0 Å². The Labute approximate surface area is 269 Å². The number of benzene rings is 4. The molecule has 0 spiro atoms. The van der Waals surface area contributed by atoms with Gasteiger partial charge in [0.2, 0.25) is 15.9 Å². The molecule has 4 aromatic rings. The van der Waals surface area contributed by atoms with Crippen LogP contribution in [0.15, 0.2) is 114 Å². The number of methoxy groups -OCH3 is 1. The molecule has 5 rings (SSSR count). The molecule has 10 nitrogen and oxygen atoms in total. The van der Waals surface area contributed by atoms with Gasteiger partial charge in [-0.1, -0.05) is 78.9 Å². The second-order valence-corrected chi connectivity index (χ2v) is 12.6. The van der Waals surface area contributed by atoms with Gasteiger partial charge >= 0.3 is 0 Å². The Morgan fingerprint density at radius 2 is 1.50 bits per heavy atom. The van der Waals surface area contributed by atoms with E-state index in [4.69, 9.17) is 14.2 Å². The number of hydrogen-bond donors (Lipinski definition) is 1. The third kappa shape index (κ3) is 8.11. The average Bonchev–Trinajstić information content (AvgIpc) is 3.11. The molecule has 1 fully saturated rings. The Hall–Kier alpha value is -4.71. The number of carbonyl (C=O) groups is 2. The number of morpholine rings is 1. The summed E-state index contributed by atoms with van der Waals surface area (Å²) in [4.78, 5) is 29.5. The van der Waals surface area contributed by atoms with E-state index in [0.29, 0.717) is 43.4 Å². The molecule has 240 valence electrons. The van der Waals surface area contributed by atoms with Crippen LogP contribution in [-0.4, -0.2) is 69.5 Å². The summed E-state index contributed by atoms with van der Waals surface area (Å²) in [5.74, 6) is 0.188. The number of nitrogens with one attached hydrogen (secondary N) is 1. The van der Waals surface area contributed by atoms with E-state index in [-0.39, 0.29) is 30.5 Å². The van der Waals surface area contributed by atoms with Gasteiger partial charge in [0.1, 0.15) is 17.5 Å². The second kappa shape index (κ2) is 15.5. The van der Waals surface area contributed by atoms with Crippen LogP contribution >= 0.6 is 0 Å². The van der Waals surface area contributed by atoms with Gasteiger partial charge in [0.25, 0.3) is 5.91 Å². The van der Waals surface area contributed by atoms with E-state index in [1.807, 2.05) is 84.9 Å². The van der Waals surface area contributed by atoms with E-state index >= 15 is 0 Å². The van der Waals surface area contributed by atoms with E-state index in [1.165, 1.54) is 33.5 Å². The summed E-state index contributed by atoms with van der Waals surface area (Å²) in [6, 6.07) is 31.0. The van der Waals surface area contributed by atoms with E-state index in [2.05, 4.69) is 5.32 Å². The first-order chi connectivity index (χ1) is 22.4. The van der Waals surface area contributed by atoms with Gasteiger partial charge in [-0.3, -0.25) is 9.59 Å². The van der Waals surface area contributed by atoms with E-state index < -0.39 is 22.0 Å². The lowest BCUT2D eigenvalue weighted by Gasteiger charge is -2.31. The van der Waals surface area contributed by atoms with Crippen LogP contribution in [0.1, 0.15) is 22.7 Å². The average molecular weight is 644 g/mol. The summed E-state index contributed by atoms with van der Waals surface area (Å²) in [5.41, 5.74) is 2.28. The summed E-state index contributed by atoms with van der Waals surface area (Å²) < 4.78 is 44.0. The second-order valence-electron chi connectivity index (χ2n) is 10.6. The van der Waals surface area contributed by atoms with Gasteiger partial charge in [-0.25, -0.2) is 8.42 Å². The maximum atomic E-state index is 13.9. The topological polar surface area (TPSA) is 114 Å². The van der Waals surface area contributed by atoms with Crippen molar-refractivity contribution in [1.29, 1.82) is 0 Å². The van der Waals surface area contributed by atoms with Gasteiger partial charge in [0.15, 0.2) is 6.61 Å². The molecule has 0 bridgehead atoms. The van der Waals surface area contributed by atoms with E-state index in [0.717, 1.165) is 11.1 Å². The number of nitrogens with zero attached hydrogens (tertiary/aromatic N) is 2. The zero-order valence-corrected chi connectivity index (χ0v) is 26.4. The summed E-state index contributed by atoms with van der Waals surface area (Å²) >= 11 is 0. The standard InChI is InChI=1S/C35H37N3O7S/c1-43-32-15-9-8-14-29(32)24-36-35(40)34(28-12-6-3-7-13-28)38(25-27-10-4-2-5-11-27)33(39)26-45-30-16-18-31(19-17-30)46(41,42)37-20-22-44-23-21-37/h2-19,34H,20-26H2,1H3,(H,36,40)/t34-/m1/s1. The van der Waals surface area contributed by atoms with Crippen molar-refractivity contribution in [3.63, 3.8) is 0 Å². The SMILES string of the molecule is COc1ccccc1CNC(=O)[C@@H](c1ccccc1)N(Cc1ccccc1)C(=O)COc1ccc(S(=O)(=O)N2CCOCC2)cc1. The number of amides is 2. The third-order valence-electron chi connectivity index (χ3n) is 7.63. The maximum absolute atomic E-state index is 13.9. The van der Waals surface area contributed by atoms with Crippen molar-refractivity contribution in [1.82, 2.24) is 14.5 Å². The highest BCUT2D eigenvalue weighted by Gasteiger charge is 2.32. The molecule has 1 N–H and O–H groups in total. The fourth-order valence-corrected chi connectivity index (χ4v) is 6.62. The van der Waals surface area contributed by atoms with Crippen LogP contribution in [-0.2, 0) is 37.4 Å². The van der Waals surface area contributed by atoms with Gasteiger partial charge < -0.3 is 24.4 Å². The number of para-hydroxylation sites is 1. The number of rotatable bonds is 13. The molecule has 46 heavy (non-hydrogen) atoms. The Morgan fingerprint density at radius 1 is 0.870 bits per heavy atom. The first-order valence-corrected chi connectivity index (χ1v) is 16.4. The van der Waals surface area contributed by atoms with Gasteiger partial charge in [-0.05, 0) is 41.5 Å². The van der Waals surface area contributed by atoms with Gasteiger partial charge in [0, 0.05) is 31.7 Å². The normalized spacial score (nSPS) is 14.2. The van der Waals surface area contributed by atoms with Crippen LogP contribution in [0.5, 0.6) is 11.5 Å². The Balaban J connectivity index is 1.36. The number of carbonyl (C=O) groups excluding carboxylic acids is 2. The van der Waals surface area contributed by atoms with Crippen LogP contribution in [0.3, 0.4) is 0 Å². The van der Waals surface area contributed by atoms with Crippen molar-refractivity contribution in [2.24, 2.45) is 0 Å². The van der Waals surface area contributed by atoms with Crippen molar-refractivity contribution < 1.29 is 32.2 Å². The fraction of sp³-hybridized carbons (Fsp3) is 0.257. The third-order valence-corrected chi connectivity index (χ3v) is 9.54. The Morgan fingerprint density at radius 3 is 2.17 bits per heavy atom. The minimum Gasteiger partial charge on any atom is -0.496 e. The first-order valence-electron chi connectivity index (χ1n) is 15.0. The molecule has 0 saturated carbocycles. The number of sulfonamides is 1. The predicted octanol–water partition coefficient (Wildman–Crippen LogP) is 4.18. The van der Waals surface area contributed by atoms with Gasteiger partial charge in [-0.2, -0.15) is 4.31 Å². The lowest BCUT2D eigenvalue weighted by atomic mass is 10.0. The lowest BCUT2D eigenvalue weighted by molar-refractivity contribution is -0.143. The highest BCUT2D eigenvalue weighted by molar-refractivity contribution is 7.89. The molecule has 2 amide bonds. The highest BCUT2D eigenvalue weighted by atomic mass is 32.2. The molecule has 11 heteroatoms. The number of hydrogen-bond acceptors (Lipinski definition) is 7. The first kappa shape index (κ1) is 32.7. The van der Waals surface area contributed by atoms with E-state index in [9.17, 15) is 18.0 Å². The summed E-state index contributed by atoms with van der Waals surface area (Å²) in [7, 11) is -2.10. The van der Waals surface area contributed by atoms with Crippen LogP contribution < -0.4 is 14.8 Å². The van der Waals surface area contributed by atoms with Crippen molar-refractivity contribution in [2.75, 3.05) is 40.0 Å². The van der Waals surface area contributed by atoms with Crippen molar-refractivity contribution in [2.45, 2.75) is 24.0 Å². The minimum atomic E-state index is -3.67. The molecule has 1 aliphatic heterocycles. The Bertz CT molecular complexity index is 1700. The molecular formula is C35H37N3O7S. The van der Waals surface area contributed by atoms with Gasteiger partial charge in [-0.15, -0.1) is 0 Å². The molecule has 1 saturated heterocycles. The molecule has 0 aliphatic carbocycles. The van der Waals surface area contributed by atoms with Crippen molar-refractivity contribution in [3.8, 4) is 11.5 Å². The van der Waals surface area contributed by atoms with Crippen molar-refractivity contribution >= 4 is 21.8 Å². The van der Waals surface area contributed by atoms with Gasteiger partial charge in [0.05, 0.1) is 25.2 Å². The van der Waals surface area contributed by atoms with Crippen LogP contribution in [0, 0.1) is 0 Å². The zero-order valence-electron chi connectivity index (χ0n) is 25.6. The molecule has 1 aliphatic rings. The molecule has 1 heterocycles. The predicted molar refractivity (Wildman–Crippen MR) is 173 cm³/mol. The largest absolute Gasteiger partial charge is 0.496 e. The molecule has 0 unspecified atom stereocenters. The Kier molecular flexibility index (Phi) is 11.0. The zero-order chi connectivity index (χ0) is 32.4. The van der Waals surface area contributed by atoms with Crippen LogP contribution in [0.25, 0.3) is 0 Å². The summed E-state index contributed by atoms with van der Waals surface area (Å²) in [6.07, 6.45) is 0. The summed E-state index contributed by atoms with van der Waals surface area (Å²) in [5, 5.41) is 2.99. The molecule has 1 atom stereocenters. The maximum Gasteiger partial charge on any atom is 0.261 e. The van der Waals surface area contributed by atoms with Crippen molar-refractivity contribution in [3.05, 3.63) is 126 Å². The summed E-state index contributed by atoms with van der Waals surface area (Å²) in [6.45, 7) is 1.28. The minimum absolute atomic E-state index is 0.134.